The van der Waals surface area contributed by atoms with Crippen LogP contribution in [0.4, 0.5) is 10.5 Å². The molecule has 1 saturated carbocycles. The summed E-state index contributed by atoms with van der Waals surface area (Å²) in [4.78, 5) is 29.0. The Morgan fingerprint density at radius 1 is 1.10 bits per heavy atom. The predicted molar refractivity (Wildman–Crippen MR) is 147 cm³/mol. The number of amides is 2. The molecule has 0 radical (unpaired) electrons. The fourth-order valence-corrected chi connectivity index (χ4v) is 6.82. The first-order valence-electron chi connectivity index (χ1n) is 13.7. The normalized spacial score (nSPS) is 21.4. The van der Waals surface area contributed by atoms with Crippen LogP contribution < -0.4 is 9.64 Å². The fraction of sp³-hybridized carbons (Fsp3) is 0.448. The molecule has 2 atom stereocenters. The Balaban J connectivity index is 1.23. The molecule has 0 bridgehead atoms. The molecule has 3 heterocycles. The molecule has 0 N–H and O–H groups in total. The average molecular weight is 565 g/mol. The maximum absolute atomic E-state index is 13.2. The number of hydrogen-bond donors (Lipinski definition) is 0. The van der Waals surface area contributed by atoms with Crippen molar-refractivity contribution in [2.24, 2.45) is 0 Å². The molecule has 2 aliphatic heterocycles. The highest BCUT2D eigenvalue weighted by atomic mass is 32.2. The maximum Gasteiger partial charge on any atom is 0.409 e. The zero-order valence-electron chi connectivity index (χ0n) is 22.4. The maximum atomic E-state index is 13.2. The van der Waals surface area contributed by atoms with Crippen LogP contribution >= 0.6 is 0 Å². The van der Waals surface area contributed by atoms with Gasteiger partial charge >= 0.3 is 6.09 Å². The van der Waals surface area contributed by atoms with E-state index in [9.17, 15) is 13.8 Å². The highest BCUT2D eigenvalue weighted by Gasteiger charge is 2.32. The Morgan fingerprint density at radius 2 is 1.90 bits per heavy atom. The van der Waals surface area contributed by atoms with Gasteiger partial charge in [-0.25, -0.2) is 4.79 Å². The van der Waals surface area contributed by atoms with E-state index >= 15 is 0 Å². The van der Waals surface area contributed by atoms with Gasteiger partial charge in [-0.2, -0.15) is 0 Å². The number of likely N-dealkylation sites (tertiary alicyclic amines) is 1. The third-order valence-corrected chi connectivity index (χ3v) is 9.23. The van der Waals surface area contributed by atoms with Crippen LogP contribution in [-0.4, -0.2) is 63.4 Å². The van der Waals surface area contributed by atoms with Gasteiger partial charge in [0.25, 0.3) is 0 Å². The smallest absolute Gasteiger partial charge is 0.409 e. The van der Waals surface area contributed by atoms with Crippen LogP contribution in [0.25, 0.3) is 11.5 Å². The van der Waals surface area contributed by atoms with Gasteiger partial charge in [0, 0.05) is 30.8 Å². The van der Waals surface area contributed by atoms with Gasteiger partial charge in [-0.3, -0.25) is 9.00 Å². The van der Waals surface area contributed by atoms with Gasteiger partial charge in [-0.05, 0) is 68.0 Å². The third-order valence-electron chi connectivity index (χ3n) is 7.82. The van der Waals surface area contributed by atoms with Crippen LogP contribution in [0.5, 0.6) is 5.75 Å². The summed E-state index contributed by atoms with van der Waals surface area (Å²) in [6.45, 7) is 1.35. The number of ether oxygens (including phenoxy) is 2. The number of nitrogens with zero attached hydrogens (tertiary/aromatic N) is 4. The average Bonchev–Trinajstić information content (AvgIpc) is 3.76. The predicted octanol–water partition coefficient (Wildman–Crippen LogP) is 4.66. The molecule has 3 aromatic rings. The molecule has 6 rings (SSSR count). The van der Waals surface area contributed by atoms with Crippen LogP contribution in [0.1, 0.15) is 55.9 Å². The minimum Gasteiger partial charge on any atom is -0.490 e. The molecule has 1 aromatic heterocycles. The molecule has 2 unspecified atom stereocenters. The minimum atomic E-state index is -1.31. The van der Waals surface area contributed by atoms with E-state index in [-0.39, 0.29) is 36.2 Å². The number of rotatable bonds is 6. The minimum absolute atomic E-state index is 0.0765. The van der Waals surface area contributed by atoms with Crippen LogP contribution in [0.2, 0.25) is 0 Å². The first-order valence-corrected chi connectivity index (χ1v) is 15.1. The van der Waals surface area contributed by atoms with Gasteiger partial charge in [0.15, 0.2) is 0 Å². The summed E-state index contributed by atoms with van der Waals surface area (Å²) in [6, 6.07) is 13.3. The standard InChI is InChI=1S/C29H32N4O6S/c1-37-29(35)32-14-12-21(18-32)28-31-30-27(39-28)20-8-11-25-24(16-20)33(26(34)13-15-40(25)36)17-19-6-9-23(10-7-19)38-22-4-2-3-5-22/h6-11,16,21-22H,2-5,12-15,17-18H2,1H3. The topological polar surface area (TPSA) is 115 Å². The van der Waals surface area contributed by atoms with Crippen LogP contribution in [0.3, 0.4) is 0 Å². The van der Waals surface area contributed by atoms with E-state index in [2.05, 4.69) is 10.2 Å². The summed E-state index contributed by atoms with van der Waals surface area (Å²) in [5.74, 6) is 1.71. The zero-order chi connectivity index (χ0) is 27.6. The molecular formula is C29H32N4O6S. The van der Waals surface area contributed by atoms with Crippen molar-refractivity contribution in [3.05, 3.63) is 53.9 Å². The third kappa shape index (κ3) is 5.47. The fourth-order valence-electron chi connectivity index (χ4n) is 5.61. The van der Waals surface area contributed by atoms with Crippen LogP contribution in [0.15, 0.2) is 51.8 Å². The molecular weight excluding hydrogens is 532 g/mol. The molecule has 0 spiro atoms. The van der Waals surface area contributed by atoms with E-state index in [1.54, 1.807) is 28.0 Å². The number of hydrogen-bond acceptors (Lipinski definition) is 8. The van der Waals surface area contributed by atoms with Crippen molar-refractivity contribution in [2.45, 2.75) is 62.0 Å². The number of benzene rings is 2. The van der Waals surface area contributed by atoms with E-state index in [0.717, 1.165) is 24.2 Å². The number of carbonyl (C=O) groups excluding carboxylic acids is 2. The second kappa shape index (κ2) is 11.4. The van der Waals surface area contributed by atoms with Crippen molar-refractivity contribution < 1.29 is 27.7 Å². The molecule has 2 fully saturated rings. The Hall–Kier alpha value is -3.73. The highest BCUT2D eigenvalue weighted by molar-refractivity contribution is 7.85. The van der Waals surface area contributed by atoms with Crippen LogP contribution in [-0.2, 0) is 26.9 Å². The highest BCUT2D eigenvalue weighted by Crippen LogP contribution is 2.35. The van der Waals surface area contributed by atoms with Crippen molar-refractivity contribution in [1.29, 1.82) is 0 Å². The number of carbonyl (C=O) groups is 2. The lowest BCUT2D eigenvalue weighted by molar-refractivity contribution is -0.118. The van der Waals surface area contributed by atoms with Crippen molar-refractivity contribution >= 4 is 28.5 Å². The molecule has 210 valence electrons. The van der Waals surface area contributed by atoms with Crippen molar-refractivity contribution in [3.63, 3.8) is 0 Å². The largest absolute Gasteiger partial charge is 0.490 e. The summed E-state index contributed by atoms with van der Waals surface area (Å²) in [7, 11) is 0.0537. The lowest BCUT2D eigenvalue weighted by atomic mass is 10.1. The molecule has 2 aromatic carbocycles. The molecule has 40 heavy (non-hydrogen) atoms. The first-order chi connectivity index (χ1) is 19.5. The molecule has 1 saturated heterocycles. The molecule has 10 nitrogen and oxygen atoms in total. The number of anilines is 1. The molecule has 3 aliphatic rings. The SMILES string of the molecule is COC(=O)N1CCC(c2nnc(-c3ccc4c(c3)N(Cc3ccc(OC5CCCC5)cc3)C(=O)CCS4=O)o2)C1. The molecule has 1 aliphatic carbocycles. The lowest BCUT2D eigenvalue weighted by Gasteiger charge is -2.23. The van der Waals surface area contributed by atoms with E-state index in [1.807, 2.05) is 24.3 Å². The van der Waals surface area contributed by atoms with Gasteiger partial charge in [0.05, 0.1) is 47.1 Å². The van der Waals surface area contributed by atoms with Gasteiger partial charge < -0.3 is 23.7 Å². The molecule has 2 amide bonds. The summed E-state index contributed by atoms with van der Waals surface area (Å²) in [5.41, 5.74) is 2.17. The van der Waals surface area contributed by atoms with E-state index in [0.29, 0.717) is 54.0 Å². The second-order valence-electron chi connectivity index (χ2n) is 10.5. The first kappa shape index (κ1) is 26.5. The monoisotopic (exact) mass is 564 g/mol. The number of methoxy groups -OCH3 is 1. The van der Waals surface area contributed by atoms with Gasteiger partial charge in [-0.15, -0.1) is 10.2 Å². The summed E-state index contributed by atoms with van der Waals surface area (Å²) in [6.07, 6.45) is 5.41. The second-order valence-corrected chi connectivity index (χ2v) is 12.0. The Kier molecular flexibility index (Phi) is 7.55. The van der Waals surface area contributed by atoms with E-state index in [4.69, 9.17) is 13.9 Å². The quantitative estimate of drug-likeness (QED) is 0.425. The molecule has 11 heteroatoms. The Morgan fingerprint density at radius 3 is 2.67 bits per heavy atom. The number of fused-ring (bicyclic) bond motifs is 1. The Bertz CT molecular complexity index is 1420. The summed E-state index contributed by atoms with van der Waals surface area (Å²) >= 11 is 0. The number of aromatic nitrogens is 2. The van der Waals surface area contributed by atoms with E-state index < -0.39 is 10.8 Å². The lowest BCUT2D eigenvalue weighted by Crippen LogP contribution is -2.30. The van der Waals surface area contributed by atoms with Crippen molar-refractivity contribution in [1.82, 2.24) is 15.1 Å². The van der Waals surface area contributed by atoms with Gasteiger partial charge in [-0.1, -0.05) is 12.1 Å². The van der Waals surface area contributed by atoms with Gasteiger partial charge in [0.2, 0.25) is 17.7 Å². The van der Waals surface area contributed by atoms with E-state index in [1.165, 1.54) is 20.0 Å². The van der Waals surface area contributed by atoms with Crippen molar-refractivity contribution in [2.75, 3.05) is 30.9 Å². The van der Waals surface area contributed by atoms with Crippen LogP contribution in [0, 0.1) is 0 Å². The Labute approximate surface area is 235 Å². The zero-order valence-corrected chi connectivity index (χ0v) is 23.2. The van der Waals surface area contributed by atoms with Gasteiger partial charge in [0.1, 0.15) is 5.75 Å². The summed E-state index contributed by atoms with van der Waals surface area (Å²) in [5, 5.41) is 8.49. The summed E-state index contributed by atoms with van der Waals surface area (Å²) < 4.78 is 29.9. The van der Waals surface area contributed by atoms with Crippen molar-refractivity contribution in [3.8, 4) is 17.2 Å².